The number of carbonyl (C=O) groups excluding carboxylic acids is 1. The Balaban J connectivity index is 1.42. The molecular formula is C19H15ClN2O5S. The summed E-state index contributed by atoms with van der Waals surface area (Å²) in [5.41, 5.74) is 1.11. The molecule has 0 atom stereocenters. The summed E-state index contributed by atoms with van der Waals surface area (Å²) in [6.45, 7) is 2.07. The molecule has 2 aliphatic heterocycles. The lowest BCUT2D eigenvalue weighted by Gasteiger charge is -2.20. The smallest absolute Gasteiger partial charge is 0.257 e. The number of aromatic nitrogens is 1. The molecule has 0 saturated carbocycles. The van der Waals surface area contributed by atoms with Gasteiger partial charge in [0.2, 0.25) is 0 Å². The lowest BCUT2D eigenvalue weighted by atomic mass is 10.2. The predicted octanol–water partition coefficient (Wildman–Crippen LogP) is 4.13. The van der Waals surface area contributed by atoms with Crippen molar-refractivity contribution in [2.75, 3.05) is 31.7 Å². The van der Waals surface area contributed by atoms with Gasteiger partial charge in [0, 0.05) is 24.1 Å². The first-order chi connectivity index (χ1) is 13.7. The quantitative estimate of drug-likeness (QED) is 0.674. The van der Waals surface area contributed by atoms with Crippen molar-refractivity contribution in [3.63, 3.8) is 0 Å². The molecule has 1 aromatic heterocycles. The van der Waals surface area contributed by atoms with Crippen LogP contribution in [0.2, 0.25) is 5.02 Å². The van der Waals surface area contributed by atoms with Crippen molar-refractivity contribution >= 4 is 44.2 Å². The Kier molecular flexibility index (Phi) is 4.37. The number of carbonyl (C=O) groups is 1. The normalized spacial score (nSPS) is 15.2. The molecule has 3 heterocycles. The van der Waals surface area contributed by atoms with Gasteiger partial charge in [0.1, 0.15) is 13.2 Å². The van der Waals surface area contributed by atoms with Gasteiger partial charge in [-0.15, -0.1) is 0 Å². The van der Waals surface area contributed by atoms with Gasteiger partial charge in [0.05, 0.1) is 28.5 Å². The third kappa shape index (κ3) is 3.18. The monoisotopic (exact) mass is 418 g/mol. The fourth-order valence-corrected chi connectivity index (χ4v) is 4.19. The van der Waals surface area contributed by atoms with Crippen LogP contribution in [0.1, 0.15) is 16.8 Å². The molecule has 28 heavy (non-hydrogen) atoms. The standard InChI is InChI=1S/C19H15ClN2O5S/c20-11-6-10(7-15-17(11)27-5-4-26-15)18(23)22-19-21-12-8-13-14(9-16(12)28-19)25-3-1-2-24-13/h6-9H,1-5H2,(H,21,22,23). The second-order valence-corrected chi connectivity index (χ2v) is 7.71. The fourth-order valence-electron chi connectivity index (χ4n) is 3.05. The maximum absolute atomic E-state index is 12.7. The molecule has 0 bridgehead atoms. The second kappa shape index (κ2) is 7.03. The van der Waals surface area contributed by atoms with Crippen LogP contribution in [0, 0.1) is 0 Å². The molecule has 0 unspecified atom stereocenters. The first-order valence-corrected chi connectivity index (χ1v) is 9.97. The Hall–Kier alpha value is -2.71. The van der Waals surface area contributed by atoms with E-state index in [1.54, 1.807) is 12.1 Å². The number of thiazole rings is 1. The third-order valence-corrected chi connectivity index (χ3v) is 5.55. The Bertz CT molecular complexity index is 1040. The van der Waals surface area contributed by atoms with E-state index >= 15 is 0 Å². The summed E-state index contributed by atoms with van der Waals surface area (Å²) in [6.07, 6.45) is 0.842. The summed E-state index contributed by atoms with van der Waals surface area (Å²) < 4.78 is 23.3. The molecule has 0 fully saturated rings. The van der Waals surface area contributed by atoms with Crippen molar-refractivity contribution in [2.24, 2.45) is 0 Å². The first kappa shape index (κ1) is 17.4. The maximum Gasteiger partial charge on any atom is 0.257 e. The van der Waals surface area contributed by atoms with E-state index in [-0.39, 0.29) is 5.91 Å². The predicted molar refractivity (Wildman–Crippen MR) is 106 cm³/mol. The molecule has 0 radical (unpaired) electrons. The lowest BCUT2D eigenvalue weighted by Crippen LogP contribution is -2.17. The van der Waals surface area contributed by atoms with Crippen LogP contribution < -0.4 is 24.3 Å². The largest absolute Gasteiger partial charge is 0.490 e. The van der Waals surface area contributed by atoms with Crippen molar-refractivity contribution in [1.82, 2.24) is 4.98 Å². The topological polar surface area (TPSA) is 78.9 Å². The van der Waals surface area contributed by atoms with E-state index in [9.17, 15) is 4.79 Å². The number of halogens is 1. The Morgan fingerprint density at radius 1 is 0.964 bits per heavy atom. The van der Waals surface area contributed by atoms with Gasteiger partial charge in [0.25, 0.3) is 5.91 Å². The Labute approximate surface area is 169 Å². The van der Waals surface area contributed by atoms with E-state index < -0.39 is 0 Å². The number of nitrogens with one attached hydrogen (secondary N) is 1. The molecule has 9 heteroatoms. The molecule has 144 valence electrons. The number of anilines is 1. The average Bonchev–Trinajstić information content (AvgIpc) is 2.93. The minimum atomic E-state index is -0.327. The van der Waals surface area contributed by atoms with Crippen LogP contribution in [0.15, 0.2) is 24.3 Å². The van der Waals surface area contributed by atoms with Gasteiger partial charge < -0.3 is 18.9 Å². The minimum Gasteiger partial charge on any atom is -0.490 e. The highest BCUT2D eigenvalue weighted by molar-refractivity contribution is 7.22. The van der Waals surface area contributed by atoms with Crippen LogP contribution in [0.5, 0.6) is 23.0 Å². The molecule has 0 spiro atoms. The number of rotatable bonds is 2. The van der Waals surface area contributed by atoms with E-state index in [2.05, 4.69) is 10.3 Å². The molecule has 5 rings (SSSR count). The molecule has 2 aliphatic rings. The number of hydrogen-bond acceptors (Lipinski definition) is 7. The van der Waals surface area contributed by atoms with Crippen LogP contribution in [-0.2, 0) is 0 Å². The SMILES string of the molecule is O=C(Nc1nc2cc3c(cc2s1)OCCCO3)c1cc(Cl)c2c(c1)OCCO2. The zero-order valence-electron chi connectivity index (χ0n) is 14.6. The minimum absolute atomic E-state index is 0.327. The highest BCUT2D eigenvalue weighted by atomic mass is 35.5. The fraction of sp³-hybridized carbons (Fsp3) is 0.263. The molecule has 0 saturated heterocycles. The summed E-state index contributed by atoms with van der Waals surface area (Å²) >= 11 is 7.58. The van der Waals surface area contributed by atoms with E-state index in [4.69, 9.17) is 30.5 Å². The number of amides is 1. The van der Waals surface area contributed by atoms with E-state index in [0.29, 0.717) is 65.1 Å². The highest BCUT2D eigenvalue weighted by Crippen LogP contribution is 2.40. The summed E-state index contributed by atoms with van der Waals surface area (Å²) in [5, 5.41) is 3.63. The van der Waals surface area contributed by atoms with Gasteiger partial charge in [-0.05, 0) is 12.1 Å². The number of benzene rings is 2. The molecule has 1 N–H and O–H groups in total. The van der Waals surface area contributed by atoms with Gasteiger partial charge in [-0.3, -0.25) is 10.1 Å². The van der Waals surface area contributed by atoms with Crippen LogP contribution >= 0.6 is 22.9 Å². The van der Waals surface area contributed by atoms with Crippen molar-refractivity contribution in [2.45, 2.75) is 6.42 Å². The van der Waals surface area contributed by atoms with Crippen LogP contribution in [-0.4, -0.2) is 37.3 Å². The molecule has 0 aliphatic carbocycles. The molecule has 7 nitrogen and oxygen atoms in total. The van der Waals surface area contributed by atoms with Crippen LogP contribution in [0.4, 0.5) is 5.13 Å². The van der Waals surface area contributed by atoms with Gasteiger partial charge in [-0.2, -0.15) is 0 Å². The number of hydrogen-bond donors (Lipinski definition) is 1. The van der Waals surface area contributed by atoms with E-state index in [1.165, 1.54) is 11.3 Å². The summed E-state index contributed by atoms with van der Waals surface area (Å²) in [5.74, 6) is 1.97. The lowest BCUT2D eigenvalue weighted by molar-refractivity contribution is 0.102. The molecular weight excluding hydrogens is 404 g/mol. The van der Waals surface area contributed by atoms with Crippen LogP contribution in [0.3, 0.4) is 0 Å². The number of fused-ring (bicyclic) bond motifs is 3. The average molecular weight is 419 g/mol. The summed E-state index contributed by atoms with van der Waals surface area (Å²) in [7, 11) is 0. The van der Waals surface area contributed by atoms with E-state index in [1.807, 2.05) is 12.1 Å². The highest BCUT2D eigenvalue weighted by Gasteiger charge is 2.20. The third-order valence-electron chi connectivity index (χ3n) is 4.34. The second-order valence-electron chi connectivity index (χ2n) is 6.27. The van der Waals surface area contributed by atoms with E-state index in [0.717, 1.165) is 16.6 Å². The van der Waals surface area contributed by atoms with Gasteiger partial charge >= 0.3 is 0 Å². The van der Waals surface area contributed by atoms with Gasteiger partial charge in [-0.1, -0.05) is 22.9 Å². The maximum atomic E-state index is 12.7. The summed E-state index contributed by atoms with van der Waals surface area (Å²) in [4.78, 5) is 17.2. The van der Waals surface area contributed by atoms with Crippen molar-refractivity contribution in [1.29, 1.82) is 0 Å². The van der Waals surface area contributed by atoms with Crippen molar-refractivity contribution < 1.29 is 23.7 Å². The van der Waals surface area contributed by atoms with Crippen LogP contribution in [0.25, 0.3) is 10.2 Å². The molecule has 2 aromatic carbocycles. The zero-order chi connectivity index (χ0) is 19.1. The van der Waals surface area contributed by atoms with Gasteiger partial charge in [-0.25, -0.2) is 4.98 Å². The number of ether oxygens (including phenoxy) is 4. The molecule has 3 aromatic rings. The zero-order valence-corrected chi connectivity index (χ0v) is 16.2. The Morgan fingerprint density at radius 2 is 1.71 bits per heavy atom. The van der Waals surface area contributed by atoms with Gasteiger partial charge in [0.15, 0.2) is 28.1 Å². The Morgan fingerprint density at radius 3 is 2.57 bits per heavy atom. The summed E-state index contributed by atoms with van der Waals surface area (Å²) in [6, 6.07) is 6.90. The van der Waals surface area contributed by atoms with Crippen molar-refractivity contribution in [3.8, 4) is 23.0 Å². The first-order valence-electron chi connectivity index (χ1n) is 8.78. The van der Waals surface area contributed by atoms with Crippen molar-refractivity contribution in [3.05, 3.63) is 34.9 Å². The molecule has 1 amide bonds. The number of nitrogens with zero attached hydrogens (tertiary/aromatic N) is 1.